The van der Waals surface area contributed by atoms with Gasteiger partial charge in [-0.1, -0.05) is 84.9 Å². The number of rotatable bonds is 16. The van der Waals surface area contributed by atoms with E-state index in [1.807, 2.05) is 248 Å². The fraction of sp³-hybridized carbons (Fsp3) is 0.163. The first-order valence-corrected chi connectivity index (χ1v) is 39.5. The van der Waals surface area contributed by atoms with Crippen molar-refractivity contribution in [2.75, 3.05) is 51.7 Å². The molecule has 4 aliphatic heterocycles. The van der Waals surface area contributed by atoms with E-state index in [9.17, 15) is 14.7 Å². The van der Waals surface area contributed by atoms with E-state index in [2.05, 4.69) is 108 Å². The van der Waals surface area contributed by atoms with Crippen LogP contribution in [0.15, 0.2) is 232 Å². The van der Waals surface area contributed by atoms with Gasteiger partial charge >= 0.3 is 12.0 Å². The standard InChI is InChI=1S/C29H29N5O2.C27H25N3O2.C23H23N3O3.C19H17N3O/c1-18-14-19(2)30-23(18)16-25-28(36-5)17-24(32-25)27-15-20-8-6-7-9-26(20)34(27)29(35)31-21-10-12-22(13-11-21)33(3)4;1-17-11-18(2)28-23(17)14-26-27(32-16-19-7-6-9-21(12-19)31-3)15-25(30-26)24-13-20-8-4-5-10-22(20)29-24;1-4-28-23(27)13-29-22-12-20(19-10-16-7-5-6-8-17(16)25-19)26-21(22)11-18-14(2)9-15(3)24-18;1-11-7-12(2)20-15(11)9-18-19(23)10-17(22-18)16-8-13-5-3-4-6-14(13)21-16/h6-17,30H,1-5H3,(H,31,35);4-15,28,30H,16H2,1-3H3;5-12,24,26H,4,13H2,1-3H3;3-10,20,22-23H,1-2H3/b25-16+;25-24?,26-14-;20-19?,21-11-;17-16?,18-9-. The number of aromatic hydroxyl groups is 1. The van der Waals surface area contributed by atoms with Crippen LogP contribution < -0.4 is 88.2 Å². The lowest BCUT2D eigenvalue weighted by molar-refractivity contribution is -0.145. The maximum Gasteiger partial charge on any atom is 0.344 e. The number of nitrogens with one attached hydrogen (secondary N) is 8. The number of fused-ring (bicyclic) bond motifs is 4. The average molecular weight is 1600 g/mol. The molecule has 22 nitrogen and oxygen atoms in total. The lowest BCUT2D eigenvalue weighted by atomic mass is 10.2. The summed E-state index contributed by atoms with van der Waals surface area (Å²) in [5.41, 5.74) is 21.2. The summed E-state index contributed by atoms with van der Waals surface area (Å²) in [5, 5.41) is 25.3. The number of hydrogen-bond donors (Lipinski definition) is 9. The number of carbonyl (C=O) groups excluding carboxylic acids is 2. The van der Waals surface area contributed by atoms with Gasteiger partial charge in [0.05, 0.1) is 103 Å². The van der Waals surface area contributed by atoms with Gasteiger partial charge in [-0.3, -0.25) is 4.57 Å². The average Bonchev–Trinajstić information content (AvgIpc) is 1.62. The van der Waals surface area contributed by atoms with Crippen LogP contribution in [0.4, 0.5) is 16.2 Å². The topological polar surface area (TPSA) is 281 Å². The van der Waals surface area contributed by atoms with E-state index >= 15 is 0 Å². The minimum atomic E-state index is -0.398. The normalized spacial score (nSPS) is 14.9. The first kappa shape index (κ1) is 80.1. The van der Waals surface area contributed by atoms with E-state index in [-0.39, 0.29) is 18.4 Å². The molecular formula is C98H94N14O8. The number of benzene rings is 6. The summed E-state index contributed by atoms with van der Waals surface area (Å²) < 4.78 is 29.7. The molecule has 604 valence electrons. The number of hydrogen-bond acceptors (Lipinski definition) is 13. The largest absolute Gasteiger partial charge is 0.506 e. The first-order chi connectivity index (χ1) is 58.0. The Bertz CT molecular complexity index is 7160. The Balaban J connectivity index is 0.000000126. The van der Waals surface area contributed by atoms with Crippen LogP contribution in [-0.4, -0.2) is 104 Å². The Morgan fingerprint density at radius 2 is 0.958 bits per heavy atom. The van der Waals surface area contributed by atoms with E-state index in [0.717, 1.165) is 171 Å². The van der Waals surface area contributed by atoms with Crippen LogP contribution in [0.25, 0.3) is 70.5 Å². The van der Waals surface area contributed by atoms with Crippen LogP contribution in [-0.2, 0) is 20.9 Å². The van der Waals surface area contributed by atoms with Crippen molar-refractivity contribution in [3.63, 3.8) is 0 Å². The third kappa shape index (κ3) is 18.3. The molecule has 0 saturated heterocycles. The number of nitrogens with zero attached hydrogens (tertiary/aromatic N) is 6. The molecular weight excluding hydrogens is 1500 g/mol. The van der Waals surface area contributed by atoms with E-state index in [1.54, 1.807) is 31.8 Å². The molecule has 8 aromatic heterocycles. The molecule has 0 saturated carbocycles. The number of ether oxygens (including phenoxy) is 5. The zero-order chi connectivity index (χ0) is 83.8. The number of aromatic nitrogens is 8. The predicted octanol–water partition coefficient (Wildman–Crippen LogP) is 10.4. The number of esters is 1. The summed E-state index contributed by atoms with van der Waals surface area (Å²) in [6.45, 7) is 18.7. The van der Waals surface area contributed by atoms with Crippen molar-refractivity contribution in [3.8, 4) is 23.0 Å². The van der Waals surface area contributed by atoms with Gasteiger partial charge in [-0.05, 0) is 224 Å². The Morgan fingerprint density at radius 3 is 1.44 bits per heavy atom. The van der Waals surface area contributed by atoms with Gasteiger partial charge in [-0.15, -0.1) is 0 Å². The van der Waals surface area contributed by atoms with Crippen molar-refractivity contribution in [3.05, 3.63) is 355 Å². The number of amides is 1. The monoisotopic (exact) mass is 1590 g/mol. The Labute approximate surface area is 691 Å². The van der Waals surface area contributed by atoms with Gasteiger partial charge in [0, 0.05) is 116 Å². The zero-order valence-corrected chi connectivity index (χ0v) is 69.2. The zero-order valence-electron chi connectivity index (χ0n) is 69.2. The van der Waals surface area contributed by atoms with Gasteiger partial charge in [0.25, 0.3) is 0 Å². The number of aliphatic imine (C=N–C) groups is 1. The molecule has 0 aliphatic carbocycles. The number of aromatic amines is 7. The van der Waals surface area contributed by atoms with Crippen molar-refractivity contribution >= 4 is 99.6 Å². The van der Waals surface area contributed by atoms with Crippen molar-refractivity contribution < 1.29 is 38.4 Å². The second kappa shape index (κ2) is 35.2. The van der Waals surface area contributed by atoms with Crippen LogP contribution >= 0.6 is 0 Å². The first-order valence-electron chi connectivity index (χ1n) is 39.5. The van der Waals surface area contributed by atoms with Crippen molar-refractivity contribution in [2.45, 2.75) is 68.9 Å². The van der Waals surface area contributed by atoms with Gasteiger partial charge in [0.15, 0.2) is 6.61 Å². The molecule has 6 aromatic carbocycles. The lowest BCUT2D eigenvalue weighted by Gasteiger charge is -2.14. The minimum Gasteiger partial charge on any atom is -0.506 e. The van der Waals surface area contributed by atoms with E-state index in [1.165, 1.54) is 5.56 Å². The van der Waals surface area contributed by atoms with Crippen molar-refractivity contribution in [1.82, 2.24) is 39.5 Å². The summed E-state index contributed by atoms with van der Waals surface area (Å²) in [4.78, 5) is 69.8. The maximum atomic E-state index is 13.6. The second-order valence-electron chi connectivity index (χ2n) is 29.9. The summed E-state index contributed by atoms with van der Waals surface area (Å²) in [6, 6.07) is 63.3. The highest BCUT2D eigenvalue weighted by molar-refractivity contribution is 6.16. The Morgan fingerprint density at radius 1 is 0.483 bits per heavy atom. The SMILES string of the molecule is CCOC(=O)COc1cc(=C2C=c3ccccc3=N2)[nH]/c1=C\c1[nH]c(C)cc1C.COC1=CC(c2cc3ccccc3n2C(=O)Nc2ccc(N(C)C)cc2)=N/C1=C/c1[nH]c(C)cc1C.COc1cccc(COc2cc(=C3C=c4ccccc4=N3)[nH]/c2=C\c2[nH]c(C)cc2C)c1.Cc1cc(C)c(/C=c2\[nH]c(=C3C=c4ccccc4=N3)cc2O)[nH]1. The molecule has 9 N–H and O–H groups in total. The molecule has 120 heavy (non-hydrogen) atoms. The lowest BCUT2D eigenvalue weighted by Crippen LogP contribution is -2.23. The quantitative estimate of drug-likeness (QED) is 0.0416. The predicted molar refractivity (Wildman–Crippen MR) is 475 cm³/mol. The van der Waals surface area contributed by atoms with Gasteiger partial charge in [0.1, 0.15) is 41.1 Å². The number of anilines is 2. The molecule has 0 fully saturated rings. The molecule has 0 spiro atoms. The molecule has 0 radical (unpaired) electrons. The number of carbonyl (C=O) groups is 2. The molecule has 0 unspecified atom stereocenters. The molecule has 18 rings (SSSR count). The van der Waals surface area contributed by atoms with E-state index in [0.29, 0.717) is 52.9 Å². The van der Waals surface area contributed by atoms with Gasteiger partial charge in [0.2, 0.25) is 0 Å². The molecule has 1 amide bonds. The van der Waals surface area contributed by atoms with Crippen LogP contribution in [0, 0.1) is 55.4 Å². The number of methoxy groups -OCH3 is 2. The number of allylic oxidation sites excluding steroid dienone is 1. The van der Waals surface area contributed by atoms with Gasteiger partial charge in [-0.2, -0.15) is 0 Å². The van der Waals surface area contributed by atoms with Crippen LogP contribution in [0.3, 0.4) is 0 Å². The third-order valence-electron chi connectivity index (χ3n) is 20.6. The molecule has 12 heterocycles. The Hall–Kier alpha value is -15.1. The molecule has 0 bridgehead atoms. The fourth-order valence-electron chi connectivity index (χ4n) is 14.6. The summed E-state index contributed by atoms with van der Waals surface area (Å²) in [6.07, 6.45) is 16.0. The second-order valence-corrected chi connectivity index (χ2v) is 29.9. The van der Waals surface area contributed by atoms with Crippen LogP contribution in [0.5, 0.6) is 23.0 Å². The van der Waals surface area contributed by atoms with Gasteiger partial charge < -0.3 is 73.9 Å². The molecule has 4 aliphatic rings. The summed E-state index contributed by atoms with van der Waals surface area (Å²) in [5.74, 6) is 2.64. The summed E-state index contributed by atoms with van der Waals surface area (Å²) in [7, 11) is 7.27. The van der Waals surface area contributed by atoms with E-state index < -0.39 is 5.97 Å². The van der Waals surface area contributed by atoms with Crippen molar-refractivity contribution in [2.24, 2.45) is 20.0 Å². The highest BCUT2D eigenvalue weighted by Gasteiger charge is 2.25. The fourth-order valence-corrected chi connectivity index (χ4v) is 14.6. The maximum absolute atomic E-state index is 13.6. The molecule has 22 heteroatoms. The molecule has 14 aromatic rings. The highest BCUT2D eigenvalue weighted by atomic mass is 16.6. The van der Waals surface area contributed by atoms with Crippen LogP contribution in [0.1, 0.15) is 86.0 Å². The van der Waals surface area contributed by atoms with Gasteiger partial charge in [-0.25, -0.2) is 29.6 Å². The van der Waals surface area contributed by atoms with Crippen LogP contribution in [0.2, 0.25) is 0 Å². The Kier molecular flexibility index (Phi) is 23.5. The summed E-state index contributed by atoms with van der Waals surface area (Å²) >= 11 is 0. The smallest absolute Gasteiger partial charge is 0.344 e. The number of H-pyrrole nitrogens is 7. The van der Waals surface area contributed by atoms with Crippen molar-refractivity contribution in [1.29, 1.82) is 0 Å². The van der Waals surface area contributed by atoms with E-state index in [4.69, 9.17) is 38.7 Å². The number of para-hydroxylation sites is 4. The highest BCUT2D eigenvalue weighted by Crippen LogP contribution is 2.30. The molecule has 0 atom stereocenters. The third-order valence-corrected chi connectivity index (χ3v) is 20.6. The minimum absolute atomic E-state index is 0.148. The number of aryl methyl sites for hydroxylation is 8.